The van der Waals surface area contributed by atoms with Gasteiger partial charge in [0, 0.05) is 24.0 Å². The second-order valence-electron chi connectivity index (χ2n) is 5.90. The molecule has 0 amide bonds. The lowest BCUT2D eigenvalue weighted by atomic mass is 9.94. The fourth-order valence-electron chi connectivity index (χ4n) is 3.26. The van der Waals surface area contributed by atoms with Crippen molar-refractivity contribution < 1.29 is 0 Å². The van der Waals surface area contributed by atoms with E-state index in [1.807, 2.05) is 0 Å². The molecule has 1 saturated heterocycles. The number of benzene rings is 1. The van der Waals surface area contributed by atoms with Crippen LogP contribution in [0.2, 0.25) is 0 Å². The van der Waals surface area contributed by atoms with E-state index in [0.717, 1.165) is 12.5 Å². The molecular formula is C16H24N2. The van der Waals surface area contributed by atoms with E-state index in [1.54, 1.807) is 0 Å². The van der Waals surface area contributed by atoms with E-state index in [2.05, 4.69) is 47.9 Å². The Kier molecular flexibility index (Phi) is 3.40. The van der Waals surface area contributed by atoms with Crippen LogP contribution in [0.25, 0.3) is 0 Å². The van der Waals surface area contributed by atoms with Crippen LogP contribution in [0, 0.1) is 0 Å². The van der Waals surface area contributed by atoms with Crippen molar-refractivity contribution in [3.8, 4) is 0 Å². The predicted octanol–water partition coefficient (Wildman–Crippen LogP) is 2.66. The van der Waals surface area contributed by atoms with Crippen LogP contribution < -0.4 is 10.6 Å². The summed E-state index contributed by atoms with van der Waals surface area (Å²) in [5.74, 6) is 0.751. The molecule has 3 rings (SSSR count). The van der Waals surface area contributed by atoms with Gasteiger partial charge in [-0.05, 0) is 37.8 Å². The molecule has 2 nitrogen and oxygen atoms in total. The van der Waals surface area contributed by atoms with Gasteiger partial charge in [-0.2, -0.15) is 0 Å². The number of nitrogens with one attached hydrogen (secondary N) is 2. The van der Waals surface area contributed by atoms with Gasteiger partial charge in [-0.1, -0.05) is 37.3 Å². The minimum atomic E-state index is 0.379. The third-order valence-electron chi connectivity index (χ3n) is 4.73. The minimum absolute atomic E-state index is 0.379. The topological polar surface area (TPSA) is 24.1 Å². The highest BCUT2D eigenvalue weighted by atomic mass is 15.1. The largest absolute Gasteiger partial charge is 0.312 e. The normalized spacial score (nSPS) is 34.7. The molecule has 2 N–H and O–H groups in total. The molecule has 2 aliphatic rings. The van der Waals surface area contributed by atoms with Crippen LogP contribution in [0.5, 0.6) is 0 Å². The van der Waals surface area contributed by atoms with Gasteiger partial charge in [0.1, 0.15) is 0 Å². The number of rotatable bonds is 5. The highest BCUT2D eigenvalue weighted by molar-refractivity contribution is 5.27. The molecule has 0 spiro atoms. The number of hydrogen-bond acceptors (Lipinski definition) is 2. The van der Waals surface area contributed by atoms with Gasteiger partial charge in [-0.3, -0.25) is 0 Å². The molecule has 1 aromatic rings. The van der Waals surface area contributed by atoms with Crippen LogP contribution in [0.4, 0.5) is 0 Å². The molecule has 3 unspecified atom stereocenters. The fraction of sp³-hybridized carbons (Fsp3) is 0.625. The third-order valence-corrected chi connectivity index (χ3v) is 4.73. The van der Waals surface area contributed by atoms with Crippen molar-refractivity contribution in [3.05, 3.63) is 35.9 Å². The van der Waals surface area contributed by atoms with Crippen LogP contribution in [-0.4, -0.2) is 24.7 Å². The molecule has 1 saturated carbocycles. The fourth-order valence-corrected chi connectivity index (χ4v) is 3.26. The van der Waals surface area contributed by atoms with Gasteiger partial charge in [-0.15, -0.1) is 0 Å². The van der Waals surface area contributed by atoms with Crippen LogP contribution in [0.1, 0.15) is 44.1 Å². The van der Waals surface area contributed by atoms with E-state index in [4.69, 9.17) is 0 Å². The first-order chi connectivity index (χ1) is 8.83. The highest BCUT2D eigenvalue weighted by Gasteiger charge is 2.40. The molecule has 18 heavy (non-hydrogen) atoms. The van der Waals surface area contributed by atoms with E-state index >= 15 is 0 Å². The summed E-state index contributed by atoms with van der Waals surface area (Å²) >= 11 is 0. The lowest BCUT2D eigenvalue weighted by Gasteiger charge is -2.28. The molecule has 2 heteroatoms. The van der Waals surface area contributed by atoms with E-state index in [9.17, 15) is 0 Å². The van der Waals surface area contributed by atoms with Gasteiger partial charge >= 0.3 is 0 Å². The van der Waals surface area contributed by atoms with Gasteiger partial charge in [0.2, 0.25) is 0 Å². The zero-order valence-electron chi connectivity index (χ0n) is 11.3. The average Bonchev–Trinajstić information content (AvgIpc) is 3.07. The smallest absolute Gasteiger partial charge is 0.0304 e. The summed E-state index contributed by atoms with van der Waals surface area (Å²) in [5.41, 5.74) is 1.88. The van der Waals surface area contributed by atoms with Crippen molar-refractivity contribution in [1.82, 2.24) is 10.6 Å². The predicted molar refractivity (Wildman–Crippen MR) is 75.8 cm³/mol. The lowest BCUT2D eigenvalue weighted by Crippen LogP contribution is -2.48. The van der Waals surface area contributed by atoms with Crippen LogP contribution >= 0.6 is 0 Å². The van der Waals surface area contributed by atoms with Crippen molar-refractivity contribution in [2.45, 2.75) is 50.1 Å². The summed E-state index contributed by atoms with van der Waals surface area (Å²) in [6, 6.07) is 11.6. The lowest BCUT2D eigenvalue weighted by molar-refractivity contribution is 0.338. The second-order valence-corrected chi connectivity index (χ2v) is 5.90. The highest BCUT2D eigenvalue weighted by Crippen LogP contribution is 2.41. The first kappa shape index (κ1) is 12.2. The molecule has 1 aliphatic carbocycles. The summed E-state index contributed by atoms with van der Waals surface area (Å²) in [6.45, 7) is 4.64. The molecule has 2 fully saturated rings. The van der Waals surface area contributed by atoms with E-state index in [0.29, 0.717) is 11.6 Å². The summed E-state index contributed by atoms with van der Waals surface area (Å²) in [4.78, 5) is 0. The maximum Gasteiger partial charge on any atom is 0.0304 e. The van der Waals surface area contributed by atoms with E-state index < -0.39 is 0 Å². The SMILES string of the molecule is CCC1(CNC2CC2c2ccccc2)CCCN1. The Morgan fingerprint density at radius 3 is 2.83 bits per heavy atom. The van der Waals surface area contributed by atoms with Gasteiger partial charge < -0.3 is 10.6 Å². The van der Waals surface area contributed by atoms with Crippen molar-refractivity contribution in [2.24, 2.45) is 0 Å². The molecular weight excluding hydrogens is 220 g/mol. The van der Waals surface area contributed by atoms with E-state index in [1.165, 1.54) is 37.8 Å². The monoisotopic (exact) mass is 244 g/mol. The number of hydrogen-bond donors (Lipinski definition) is 2. The van der Waals surface area contributed by atoms with Gasteiger partial charge in [0.05, 0.1) is 0 Å². The molecule has 0 radical (unpaired) electrons. The molecule has 3 atom stereocenters. The Balaban J connectivity index is 1.51. The Morgan fingerprint density at radius 1 is 1.33 bits per heavy atom. The molecule has 0 aromatic heterocycles. The summed E-state index contributed by atoms with van der Waals surface area (Å²) < 4.78 is 0. The average molecular weight is 244 g/mol. The van der Waals surface area contributed by atoms with Crippen molar-refractivity contribution in [2.75, 3.05) is 13.1 Å². The Labute approximate surface area is 110 Å². The summed E-state index contributed by atoms with van der Waals surface area (Å²) in [5, 5.41) is 7.47. The van der Waals surface area contributed by atoms with Gasteiger partial charge in [0.15, 0.2) is 0 Å². The van der Waals surface area contributed by atoms with Crippen molar-refractivity contribution in [1.29, 1.82) is 0 Å². The summed E-state index contributed by atoms with van der Waals surface area (Å²) in [7, 11) is 0. The Morgan fingerprint density at radius 2 is 2.17 bits per heavy atom. The molecule has 1 aliphatic heterocycles. The zero-order chi connectivity index (χ0) is 12.4. The van der Waals surface area contributed by atoms with Crippen molar-refractivity contribution >= 4 is 0 Å². The molecule has 98 valence electrons. The quantitative estimate of drug-likeness (QED) is 0.832. The Bertz CT molecular complexity index is 381. The second kappa shape index (κ2) is 5.02. The summed E-state index contributed by atoms with van der Waals surface area (Å²) in [6.07, 6.45) is 5.22. The van der Waals surface area contributed by atoms with Crippen LogP contribution in [0.15, 0.2) is 30.3 Å². The minimum Gasteiger partial charge on any atom is -0.312 e. The van der Waals surface area contributed by atoms with Gasteiger partial charge in [0.25, 0.3) is 0 Å². The first-order valence-electron chi connectivity index (χ1n) is 7.36. The maximum atomic E-state index is 3.78. The molecule has 1 aromatic carbocycles. The zero-order valence-corrected chi connectivity index (χ0v) is 11.3. The third kappa shape index (κ3) is 2.45. The first-order valence-corrected chi connectivity index (χ1v) is 7.36. The van der Waals surface area contributed by atoms with Gasteiger partial charge in [-0.25, -0.2) is 0 Å². The Hall–Kier alpha value is -0.860. The van der Waals surface area contributed by atoms with Crippen molar-refractivity contribution in [3.63, 3.8) is 0 Å². The maximum absolute atomic E-state index is 3.78. The van der Waals surface area contributed by atoms with E-state index in [-0.39, 0.29) is 0 Å². The molecule has 0 bridgehead atoms. The van der Waals surface area contributed by atoms with Crippen LogP contribution in [0.3, 0.4) is 0 Å². The molecule has 1 heterocycles. The van der Waals surface area contributed by atoms with Crippen LogP contribution in [-0.2, 0) is 0 Å². The standard InChI is InChI=1S/C16H24N2/c1-2-16(9-6-10-18-16)12-17-15-11-14(15)13-7-4-3-5-8-13/h3-5,7-8,14-15,17-18H,2,6,9-12H2,1H3.